The van der Waals surface area contributed by atoms with Gasteiger partial charge in [-0.15, -0.1) is 10.2 Å². The number of carbonyl (C=O) groups is 2. The number of nitrogens with zero attached hydrogens (tertiary/aromatic N) is 3. The van der Waals surface area contributed by atoms with Gasteiger partial charge in [0, 0.05) is 23.1 Å². The van der Waals surface area contributed by atoms with Crippen molar-refractivity contribution in [3.05, 3.63) is 105 Å². The molecule has 0 amide bonds. The van der Waals surface area contributed by atoms with E-state index in [0.29, 0.717) is 16.9 Å². The van der Waals surface area contributed by atoms with E-state index in [-0.39, 0.29) is 27.1 Å². The monoisotopic (exact) mass is 603 g/mol. The molecule has 5 rings (SSSR count). The first kappa shape index (κ1) is 28.5. The summed E-state index contributed by atoms with van der Waals surface area (Å²) in [6.45, 7) is -0.211. The molecule has 0 saturated heterocycles. The average molecular weight is 604 g/mol. The van der Waals surface area contributed by atoms with Gasteiger partial charge in [0.1, 0.15) is 11.9 Å². The maximum atomic E-state index is 15.7. The maximum absolute atomic E-state index is 15.7. The highest BCUT2D eigenvalue weighted by molar-refractivity contribution is 6.33. The Kier molecular flexibility index (Phi) is 7.94. The first-order valence-electron chi connectivity index (χ1n) is 12.1. The van der Waals surface area contributed by atoms with Gasteiger partial charge in [0.15, 0.2) is 6.61 Å². The summed E-state index contributed by atoms with van der Waals surface area (Å²) in [5.41, 5.74) is 0.930. The number of benzene rings is 3. The third-order valence-corrected chi connectivity index (χ3v) is 6.80. The third kappa shape index (κ3) is 5.61. The van der Waals surface area contributed by atoms with Gasteiger partial charge in [-0.05, 0) is 36.4 Å². The fraction of sp³-hybridized carbons (Fsp3) is 0.214. The van der Waals surface area contributed by atoms with Crippen LogP contribution in [0.1, 0.15) is 52.5 Å². The standard InChI is InChI=1S/C28H21Cl2F2N3O6/c1-15(36)40-26-24-33-34-27(28(31,32)14-39-25(37)16-7-4-3-5-8-16)35(24)20-12-11-17(29)13-19(20)23(41-26)18-9-6-10-21(38-2)22(18)30/h3-13,23,26H,14H2,1-2H3/t23-,26+/m1/s1. The van der Waals surface area contributed by atoms with E-state index in [1.54, 1.807) is 36.4 Å². The highest BCUT2D eigenvalue weighted by atomic mass is 35.5. The Hall–Kier alpha value is -4.06. The summed E-state index contributed by atoms with van der Waals surface area (Å²) in [6, 6.07) is 17.1. The number of carbonyl (C=O) groups excluding carboxylic acids is 2. The third-order valence-electron chi connectivity index (χ3n) is 6.16. The van der Waals surface area contributed by atoms with Gasteiger partial charge in [0.05, 0.1) is 23.4 Å². The summed E-state index contributed by atoms with van der Waals surface area (Å²) in [7, 11) is 1.44. The van der Waals surface area contributed by atoms with Crippen molar-refractivity contribution in [2.24, 2.45) is 0 Å². The first-order chi connectivity index (χ1) is 19.6. The van der Waals surface area contributed by atoms with Crippen molar-refractivity contribution in [1.29, 1.82) is 0 Å². The Morgan fingerprint density at radius 3 is 2.49 bits per heavy atom. The number of rotatable bonds is 7. The van der Waals surface area contributed by atoms with Gasteiger partial charge in [-0.1, -0.05) is 53.5 Å². The van der Waals surface area contributed by atoms with Crippen molar-refractivity contribution in [3.63, 3.8) is 0 Å². The molecule has 0 spiro atoms. The molecule has 41 heavy (non-hydrogen) atoms. The molecule has 0 bridgehead atoms. The quantitative estimate of drug-likeness (QED) is 0.230. The predicted octanol–water partition coefficient (Wildman–Crippen LogP) is 6.21. The van der Waals surface area contributed by atoms with Crippen LogP contribution in [0.2, 0.25) is 10.0 Å². The Bertz CT molecular complexity index is 1620. The summed E-state index contributed by atoms with van der Waals surface area (Å²) < 4.78 is 54.3. The average Bonchev–Trinajstić information content (AvgIpc) is 3.36. The van der Waals surface area contributed by atoms with Gasteiger partial charge in [0.25, 0.3) is 6.29 Å². The van der Waals surface area contributed by atoms with Crippen LogP contribution in [0.3, 0.4) is 0 Å². The second-order valence-corrected chi connectivity index (χ2v) is 9.70. The molecule has 2 heterocycles. The zero-order valence-corrected chi connectivity index (χ0v) is 23.0. The molecule has 0 N–H and O–H groups in total. The van der Waals surface area contributed by atoms with Crippen LogP contribution in [-0.4, -0.2) is 40.4 Å². The van der Waals surface area contributed by atoms with Crippen LogP contribution in [0.4, 0.5) is 8.78 Å². The van der Waals surface area contributed by atoms with Gasteiger partial charge < -0.3 is 18.9 Å². The van der Waals surface area contributed by atoms with Crippen molar-refractivity contribution in [1.82, 2.24) is 14.8 Å². The molecule has 4 aromatic rings. The van der Waals surface area contributed by atoms with Gasteiger partial charge in [0.2, 0.25) is 11.6 Å². The molecule has 0 unspecified atom stereocenters. The molecule has 9 nitrogen and oxygen atoms in total. The molecule has 0 radical (unpaired) electrons. The minimum absolute atomic E-state index is 0.102. The fourth-order valence-corrected chi connectivity index (χ4v) is 4.84. The molecular weight excluding hydrogens is 583 g/mol. The molecule has 2 atom stereocenters. The topological polar surface area (TPSA) is 102 Å². The normalized spacial score (nSPS) is 16.2. The largest absolute Gasteiger partial charge is 0.495 e. The number of ether oxygens (including phenoxy) is 4. The molecular formula is C28H21Cl2F2N3O6. The maximum Gasteiger partial charge on any atom is 0.340 e. The lowest BCUT2D eigenvalue weighted by Gasteiger charge is -2.23. The number of esters is 2. The zero-order valence-electron chi connectivity index (χ0n) is 21.5. The summed E-state index contributed by atoms with van der Waals surface area (Å²) in [6.07, 6.45) is -2.66. The van der Waals surface area contributed by atoms with Crippen LogP contribution in [0, 0.1) is 0 Å². The number of aromatic nitrogens is 3. The minimum atomic E-state index is -3.83. The van der Waals surface area contributed by atoms with Gasteiger partial charge >= 0.3 is 17.9 Å². The van der Waals surface area contributed by atoms with Crippen molar-refractivity contribution in [3.8, 4) is 11.4 Å². The number of fused-ring (bicyclic) bond motifs is 3. The lowest BCUT2D eigenvalue weighted by atomic mass is 9.99. The van der Waals surface area contributed by atoms with E-state index in [4.69, 9.17) is 42.1 Å². The molecule has 0 fully saturated rings. The van der Waals surface area contributed by atoms with E-state index in [1.807, 2.05) is 0 Å². The van der Waals surface area contributed by atoms with Crippen molar-refractivity contribution < 1.29 is 37.3 Å². The van der Waals surface area contributed by atoms with Crippen LogP contribution in [0.25, 0.3) is 5.69 Å². The van der Waals surface area contributed by atoms with E-state index in [9.17, 15) is 9.59 Å². The Labute approximate surface area is 242 Å². The van der Waals surface area contributed by atoms with Crippen molar-refractivity contribution >= 4 is 35.1 Å². The van der Waals surface area contributed by atoms with E-state index in [2.05, 4.69) is 10.2 Å². The molecule has 0 aliphatic carbocycles. The minimum Gasteiger partial charge on any atom is -0.495 e. The van der Waals surface area contributed by atoms with Crippen LogP contribution in [0.5, 0.6) is 5.75 Å². The van der Waals surface area contributed by atoms with Crippen LogP contribution >= 0.6 is 23.2 Å². The summed E-state index contributed by atoms with van der Waals surface area (Å²) in [5, 5.41) is 8.06. The van der Waals surface area contributed by atoms with E-state index < -0.39 is 42.7 Å². The molecule has 13 heteroatoms. The second kappa shape index (κ2) is 11.4. The fourth-order valence-electron chi connectivity index (χ4n) is 4.36. The van der Waals surface area contributed by atoms with Crippen molar-refractivity contribution in [2.45, 2.75) is 25.2 Å². The SMILES string of the molecule is COc1cccc([C@H]2O[C@H](OC(C)=O)c3nnc(C(F)(F)COC(=O)c4ccccc4)n3-c3ccc(Cl)cc32)c1Cl. The predicted molar refractivity (Wildman–Crippen MR) is 142 cm³/mol. The van der Waals surface area contributed by atoms with Gasteiger partial charge in [-0.2, -0.15) is 8.78 Å². The second-order valence-electron chi connectivity index (χ2n) is 8.89. The summed E-state index contributed by atoms with van der Waals surface area (Å²) in [5.74, 6) is -6.35. The number of halogens is 4. The Balaban J connectivity index is 1.63. The molecule has 1 aliphatic heterocycles. The molecule has 1 aliphatic rings. The summed E-state index contributed by atoms with van der Waals surface area (Å²) >= 11 is 12.9. The highest BCUT2D eigenvalue weighted by Crippen LogP contribution is 2.46. The molecule has 0 saturated carbocycles. The van der Waals surface area contributed by atoms with Crippen LogP contribution < -0.4 is 4.74 Å². The summed E-state index contributed by atoms with van der Waals surface area (Å²) in [4.78, 5) is 24.4. The Morgan fingerprint density at radius 2 is 1.78 bits per heavy atom. The van der Waals surface area contributed by atoms with E-state index >= 15 is 8.78 Å². The highest BCUT2D eigenvalue weighted by Gasteiger charge is 2.45. The molecule has 3 aromatic carbocycles. The lowest BCUT2D eigenvalue weighted by Crippen LogP contribution is -2.28. The first-order valence-corrected chi connectivity index (χ1v) is 12.9. The van der Waals surface area contributed by atoms with Crippen LogP contribution in [-0.2, 0) is 24.9 Å². The van der Waals surface area contributed by atoms with Gasteiger partial charge in [-0.3, -0.25) is 9.36 Å². The van der Waals surface area contributed by atoms with Crippen molar-refractivity contribution in [2.75, 3.05) is 13.7 Å². The Morgan fingerprint density at radius 1 is 1.02 bits per heavy atom. The number of hydrogen-bond donors (Lipinski definition) is 0. The smallest absolute Gasteiger partial charge is 0.340 e. The lowest BCUT2D eigenvalue weighted by molar-refractivity contribution is -0.188. The van der Waals surface area contributed by atoms with Gasteiger partial charge in [-0.25, -0.2) is 4.79 Å². The molecule has 1 aromatic heterocycles. The number of methoxy groups -OCH3 is 1. The number of hydrogen-bond acceptors (Lipinski definition) is 8. The van der Waals surface area contributed by atoms with Crippen LogP contribution in [0.15, 0.2) is 66.7 Å². The van der Waals surface area contributed by atoms with E-state index in [1.165, 1.54) is 37.4 Å². The molecule has 212 valence electrons. The van der Waals surface area contributed by atoms with E-state index in [0.717, 1.165) is 11.5 Å². The number of alkyl halides is 2. The zero-order chi connectivity index (χ0) is 29.3.